The largest absolute Gasteiger partial charge is 0.356 e. The molecule has 100 valence electrons. The van der Waals surface area contributed by atoms with Gasteiger partial charge in [-0.15, -0.1) is 0 Å². The predicted molar refractivity (Wildman–Crippen MR) is 71.3 cm³/mol. The molecular weight excluding hydrogens is 226 g/mol. The van der Waals surface area contributed by atoms with Gasteiger partial charge in [0.15, 0.2) is 0 Å². The Morgan fingerprint density at radius 2 is 2.39 bits per heavy atom. The van der Waals surface area contributed by atoms with E-state index >= 15 is 0 Å². The Hall–Kier alpha value is -1.32. The Morgan fingerprint density at radius 3 is 3.17 bits per heavy atom. The van der Waals surface area contributed by atoms with Crippen molar-refractivity contribution in [1.82, 2.24) is 15.1 Å². The maximum atomic E-state index is 11.9. The van der Waals surface area contributed by atoms with Crippen LogP contribution in [0.15, 0.2) is 12.3 Å². The van der Waals surface area contributed by atoms with Crippen LogP contribution in [-0.4, -0.2) is 22.2 Å². The van der Waals surface area contributed by atoms with Gasteiger partial charge in [0.1, 0.15) is 0 Å². The van der Waals surface area contributed by atoms with Crippen LogP contribution in [0, 0.1) is 5.92 Å². The summed E-state index contributed by atoms with van der Waals surface area (Å²) in [5, 5.41) is 7.56. The van der Waals surface area contributed by atoms with Gasteiger partial charge in [-0.25, -0.2) is 0 Å². The highest BCUT2D eigenvalue weighted by atomic mass is 16.1. The molecule has 1 fully saturated rings. The summed E-state index contributed by atoms with van der Waals surface area (Å²) in [6.45, 7) is 5.15. The normalized spacial score (nSPS) is 22.3. The van der Waals surface area contributed by atoms with Crippen LogP contribution in [0.1, 0.15) is 51.3 Å². The van der Waals surface area contributed by atoms with Crippen LogP contribution in [0.3, 0.4) is 0 Å². The van der Waals surface area contributed by atoms with Gasteiger partial charge in [0.25, 0.3) is 0 Å². The van der Waals surface area contributed by atoms with Gasteiger partial charge in [-0.3, -0.25) is 9.48 Å². The molecule has 2 unspecified atom stereocenters. The molecule has 1 aliphatic rings. The summed E-state index contributed by atoms with van der Waals surface area (Å²) < 4.78 is 2.00. The van der Waals surface area contributed by atoms with Crippen LogP contribution in [-0.2, 0) is 11.2 Å². The van der Waals surface area contributed by atoms with E-state index in [1.165, 1.54) is 0 Å². The number of nitrogens with one attached hydrogen (secondary N) is 1. The van der Waals surface area contributed by atoms with Gasteiger partial charge in [0.05, 0.1) is 5.69 Å². The number of carbonyl (C=O) groups is 1. The minimum absolute atomic E-state index is 0.104. The lowest BCUT2D eigenvalue weighted by Gasteiger charge is -2.12. The first-order chi connectivity index (χ1) is 8.70. The molecular formula is C14H23N3O. The van der Waals surface area contributed by atoms with Crippen molar-refractivity contribution < 1.29 is 4.79 Å². The Labute approximate surface area is 109 Å². The quantitative estimate of drug-likeness (QED) is 0.890. The lowest BCUT2D eigenvalue weighted by molar-refractivity contribution is -0.124. The van der Waals surface area contributed by atoms with Crippen molar-refractivity contribution in [3.8, 4) is 0 Å². The average molecular weight is 249 g/mol. The molecule has 2 heterocycles. The van der Waals surface area contributed by atoms with Gasteiger partial charge in [0, 0.05) is 31.1 Å². The summed E-state index contributed by atoms with van der Waals surface area (Å²) in [6, 6.07) is 2.48. The Morgan fingerprint density at radius 1 is 1.56 bits per heavy atom. The van der Waals surface area contributed by atoms with E-state index in [-0.39, 0.29) is 11.8 Å². The monoisotopic (exact) mass is 249 g/mol. The summed E-state index contributed by atoms with van der Waals surface area (Å²) in [5.74, 6) is 0.304. The Balaban J connectivity index is 1.99. The molecule has 18 heavy (non-hydrogen) atoms. The minimum atomic E-state index is 0.104. The second kappa shape index (κ2) is 6.03. The van der Waals surface area contributed by atoms with Crippen molar-refractivity contribution in [2.45, 2.75) is 52.0 Å². The minimum Gasteiger partial charge on any atom is -0.356 e. The lowest BCUT2D eigenvalue weighted by Crippen LogP contribution is -2.30. The molecule has 1 aromatic rings. The first-order valence-electron chi connectivity index (χ1n) is 7.02. The maximum absolute atomic E-state index is 11.9. The first kappa shape index (κ1) is 13.1. The zero-order valence-corrected chi connectivity index (χ0v) is 11.4. The fraction of sp³-hybridized carbons (Fsp3) is 0.714. The molecule has 0 spiro atoms. The van der Waals surface area contributed by atoms with Crippen molar-refractivity contribution in [3.05, 3.63) is 18.0 Å². The van der Waals surface area contributed by atoms with E-state index in [4.69, 9.17) is 0 Å². The number of aromatic nitrogens is 2. The fourth-order valence-electron chi connectivity index (χ4n) is 2.37. The highest BCUT2D eigenvalue weighted by molar-refractivity contribution is 5.79. The van der Waals surface area contributed by atoms with E-state index in [2.05, 4.69) is 24.3 Å². The second-order valence-corrected chi connectivity index (χ2v) is 5.23. The topological polar surface area (TPSA) is 46.9 Å². The van der Waals surface area contributed by atoms with Crippen molar-refractivity contribution >= 4 is 5.91 Å². The third-order valence-electron chi connectivity index (χ3n) is 3.81. The smallest absolute Gasteiger partial charge is 0.223 e. The molecule has 0 bridgehead atoms. The molecule has 0 aromatic carbocycles. The Bertz CT molecular complexity index is 399. The molecule has 1 aromatic heterocycles. The first-order valence-corrected chi connectivity index (χ1v) is 7.02. The van der Waals surface area contributed by atoms with Crippen molar-refractivity contribution in [1.29, 1.82) is 0 Å². The van der Waals surface area contributed by atoms with Crippen LogP contribution in [0.4, 0.5) is 0 Å². The molecule has 0 saturated carbocycles. The molecule has 1 N–H and O–H groups in total. The number of carbonyl (C=O) groups excluding carboxylic acids is 1. The summed E-state index contributed by atoms with van der Waals surface area (Å²) in [7, 11) is 0. The highest BCUT2D eigenvalue weighted by Gasteiger charge is 2.21. The van der Waals surface area contributed by atoms with E-state index in [9.17, 15) is 4.79 Å². The van der Waals surface area contributed by atoms with Crippen LogP contribution >= 0.6 is 0 Å². The Kier molecular flexibility index (Phi) is 4.39. The molecule has 4 heteroatoms. The molecule has 1 amide bonds. The number of nitrogens with zero attached hydrogens (tertiary/aromatic N) is 2. The van der Waals surface area contributed by atoms with Gasteiger partial charge in [-0.05, 0) is 32.3 Å². The summed E-state index contributed by atoms with van der Waals surface area (Å²) in [4.78, 5) is 11.9. The number of hydrogen-bond acceptors (Lipinski definition) is 2. The van der Waals surface area contributed by atoms with Gasteiger partial charge < -0.3 is 5.32 Å². The second-order valence-electron chi connectivity index (χ2n) is 5.23. The lowest BCUT2D eigenvalue weighted by atomic mass is 9.97. The molecule has 2 atom stereocenters. The van der Waals surface area contributed by atoms with Gasteiger partial charge in [-0.1, -0.05) is 13.3 Å². The molecule has 4 nitrogen and oxygen atoms in total. The number of hydrogen-bond donors (Lipinski definition) is 1. The molecule has 0 aliphatic carbocycles. The van der Waals surface area contributed by atoms with Crippen molar-refractivity contribution in [2.24, 2.45) is 5.92 Å². The fourth-order valence-corrected chi connectivity index (χ4v) is 2.37. The summed E-state index contributed by atoms with van der Waals surface area (Å²) >= 11 is 0. The van der Waals surface area contributed by atoms with E-state index in [1.807, 2.05) is 16.9 Å². The van der Waals surface area contributed by atoms with Gasteiger partial charge >= 0.3 is 0 Å². The molecule has 0 radical (unpaired) electrons. The zero-order valence-electron chi connectivity index (χ0n) is 11.4. The third kappa shape index (κ3) is 3.12. The predicted octanol–water partition coefficient (Wildman–Crippen LogP) is 2.31. The number of amides is 1. The third-order valence-corrected chi connectivity index (χ3v) is 3.81. The SMILES string of the molecule is CCC(C)n1ccc(CC2CCCCNC2=O)n1. The van der Waals surface area contributed by atoms with E-state index < -0.39 is 0 Å². The molecule has 1 saturated heterocycles. The van der Waals surface area contributed by atoms with Crippen molar-refractivity contribution in [2.75, 3.05) is 6.54 Å². The zero-order chi connectivity index (χ0) is 13.0. The van der Waals surface area contributed by atoms with Crippen LogP contribution in [0.25, 0.3) is 0 Å². The highest BCUT2D eigenvalue weighted by Crippen LogP contribution is 2.18. The summed E-state index contributed by atoms with van der Waals surface area (Å²) in [6.07, 6.45) is 7.10. The van der Waals surface area contributed by atoms with Gasteiger partial charge in [-0.2, -0.15) is 5.10 Å². The van der Waals surface area contributed by atoms with E-state index in [1.54, 1.807) is 0 Å². The van der Waals surface area contributed by atoms with Crippen LogP contribution in [0.5, 0.6) is 0 Å². The average Bonchev–Trinajstić information content (AvgIpc) is 2.75. The number of rotatable bonds is 4. The van der Waals surface area contributed by atoms with Crippen LogP contribution < -0.4 is 5.32 Å². The summed E-state index contributed by atoms with van der Waals surface area (Å²) in [5.41, 5.74) is 1.04. The van der Waals surface area contributed by atoms with E-state index in [0.29, 0.717) is 6.04 Å². The standard InChI is InChI=1S/C14H23N3O/c1-3-11(2)17-9-7-13(16-17)10-12-6-4-5-8-15-14(12)18/h7,9,11-12H,3-6,8,10H2,1-2H3,(H,15,18). The van der Waals surface area contributed by atoms with Crippen molar-refractivity contribution in [3.63, 3.8) is 0 Å². The van der Waals surface area contributed by atoms with Crippen LogP contribution in [0.2, 0.25) is 0 Å². The van der Waals surface area contributed by atoms with Gasteiger partial charge in [0.2, 0.25) is 5.91 Å². The maximum Gasteiger partial charge on any atom is 0.223 e. The molecule has 2 rings (SSSR count). The van der Waals surface area contributed by atoms with E-state index in [0.717, 1.165) is 44.3 Å². The molecule has 1 aliphatic heterocycles.